The first-order valence-corrected chi connectivity index (χ1v) is 8.93. The van der Waals surface area contributed by atoms with Gasteiger partial charge in [-0.15, -0.1) is 0 Å². The third-order valence-electron chi connectivity index (χ3n) is 3.85. The Kier molecular flexibility index (Phi) is 7.42. The van der Waals surface area contributed by atoms with Gasteiger partial charge in [-0.05, 0) is 49.8 Å². The Morgan fingerprint density at radius 3 is 2.10 bits per heavy atom. The number of hydrogen-bond acceptors (Lipinski definition) is 5. The Balaban J connectivity index is 2.05. The molecule has 2 aromatic rings. The lowest BCUT2D eigenvalue weighted by molar-refractivity contribution is -0.149. The van der Waals surface area contributed by atoms with E-state index in [0.717, 1.165) is 0 Å². The Bertz CT molecular complexity index is 933. The average Bonchev–Trinajstić information content (AvgIpc) is 2.68. The second-order valence-corrected chi connectivity index (χ2v) is 6.32. The molecule has 150 valence electrons. The van der Waals surface area contributed by atoms with Crippen LogP contribution in [-0.2, 0) is 19.1 Å². The van der Waals surface area contributed by atoms with Gasteiger partial charge in [0, 0.05) is 18.2 Å². The molecule has 2 N–H and O–H groups in total. The zero-order chi connectivity index (χ0) is 21.4. The van der Waals surface area contributed by atoms with Gasteiger partial charge in [-0.25, -0.2) is 4.79 Å². The first-order chi connectivity index (χ1) is 13.8. The van der Waals surface area contributed by atoms with Gasteiger partial charge in [0.25, 0.3) is 5.91 Å². The normalized spacial score (nSPS) is 11.9. The van der Waals surface area contributed by atoms with Crippen LogP contribution in [-0.4, -0.2) is 29.7 Å². The topological polar surface area (TPSA) is 102 Å². The van der Waals surface area contributed by atoms with Crippen LogP contribution in [0.3, 0.4) is 0 Å². The van der Waals surface area contributed by atoms with Gasteiger partial charge >= 0.3 is 5.97 Å². The maximum Gasteiger partial charge on any atom is 0.355 e. The number of hydrogen-bond donors (Lipinski definition) is 2. The van der Waals surface area contributed by atoms with Crippen molar-refractivity contribution in [1.29, 1.82) is 0 Å². The summed E-state index contributed by atoms with van der Waals surface area (Å²) in [7, 11) is 0. The number of benzene rings is 2. The molecule has 0 aliphatic heterocycles. The van der Waals surface area contributed by atoms with Gasteiger partial charge in [-0.1, -0.05) is 30.3 Å². The number of amides is 2. The highest BCUT2D eigenvalue weighted by Gasteiger charge is 2.21. The first kappa shape index (κ1) is 21.6. The molecule has 7 nitrogen and oxygen atoms in total. The van der Waals surface area contributed by atoms with E-state index in [1.165, 1.54) is 26.8 Å². The summed E-state index contributed by atoms with van der Waals surface area (Å²) in [4.78, 5) is 47.5. The molecule has 29 heavy (non-hydrogen) atoms. The lowest BCUT2D eigenvalue weighted by Gasteiger charge is -2.15. The van der Waals surface area contributed by atoms with Crippen molar-refractivity contribution >= 4 is 35.3 Å². The molecule has 0 unspecified atom stereocenters. The minimum absolute atomic E-state index is 0.0749. The maximum absolute atomic E-state index is 12.4. The van der Waals surface area contributed by atoms with Crippen LogP contribution in [0.1, 0.15) is 36.7 Å². The van der Waals surface area contributed by atoms with Gasteiger partial charge in [0.05, 0.1) is 0 Å². The number of esters is 1. The Labute approximate surface area is 168 Å². The predicted molar refractivity (Wildman–Crippen MR) is 109 cm³/mol. The lowest BCUT2D eigenvalue weighted by Crippen LogP contribution is -2.33. The van der Waals surface area contributed by atoms with Crippen molar-refractivity contribution in [2.24, 2.45) is 0 Å². The summed E-state index contributed by atoms with van der Waals surface area (Å²) >= 11 is 0. The molecule has 0 saturated heterocycles. The standard InChI is InChI=1S/C22H22N2O5/c1-14(25)18-9-11-19(12-10-18)24-21(27)15(2)29-22(28)20(23-16(3)26)13-17-7-5-4-6-8-17/h4-13,15H,1-3H3,(H,23,26)(H,24,27)/b20-13-/t15-/m0/s1. The van der Waals surface area contributed by atoms with E-state index in [1.54, 1.807) is 48.5 Å². The molecule has 2 rings (SSSR count). The fourth-order valence-electron chi connectivity index (χ4n) is 2.36. The SMILES string of the molecule is CC(=O)N/C(=C\c1ccccc1)C(=O)O[C@@H](C)C(=O)Nc1ccc(C(C)=O)cc1. The molecular weight excluding hydrogens is 372 g/mol. The zero-order valence-corrected chi connectivity index (χ0v) is 16.4. The van der Waals surface area contributed by atoms with Crippen molar-refractivity contribution in [3.63, 3.8) is 0 Å². The van der Waals surface area contributed by atoms with Crippen LogP contribution in [0.4, 0.5) is 5.69 Å². The lowest BCUT2D eigenvalue weighted by atomic mass is 10.1. The van der Waals surface area contributed by atoms with E-state index < -0.39 is 23.9 Å². The van der Waals surface area contributed by atoms with E-state index in [4.69, 9.17) is 4.74 Å². The first-order valence-electron chi connectivity index (χ1n) is 8.93. The monoisotopic (exact) mass is 394 g/mol. The second kappa shape index (κ2) is 9.98. The van der Waals surface area contributed by atoms with E-state index in [1.807, 2.05) is 6.07 Å². The van der Waals surface area contributed by atoms with Crippen molar-refractivity contribution < 1.29 is 23.9 Å². The highest BCUT2D eigenvalue weighted by Crippen LogP contribution is 2.12. The van der Waals surface area contributed by atoms with Gasteiger partial charge < -0.3 is 15.4 Å². The fraction of sp³-hybridized carbons (Fsp3) is 0.182. The third-order valence-corrected chi connectivity index (χ3v) is 3.85. The molecule has 0 aliphatic rings. The van der Waals surface area contributed by atoms with Gasteiger partial charge in [-0.2, -0.15) is 0 Å². The number of anilines is 1. The summed E-state index contributed by atoms with van der Waals surface area (Å²) in [6.07, 6.45) is 0.359. The highest BCUT2D eigenvalue weighted by molar-refractivity contribution is 6.01. The molecule has 0 aromatic heterocycles. The summed E-state index contributed by atoms with van der Waals surface area (Å²) < 4.78 is 5.19. The van der Waals surface area contributed by atoms with Crippen LogP contribution >= 0.6 is 0 Å². The summed E-state index contributed by atoms with van der Waals surface area (Å²) in [5.74, 6) is -1.90. The molecule has 1 atom stereocenters. The molecule has 7 heteroatoms. The van der Waals surface area contributed by atoms with Crippen molar-refractivity contribution in [1.82, 2.24) is 5.32 Å². The number of ketones is 1. The second-order valence-electron chi connectivity index (χ2n) is 6.32. The Hall–Kier alpha value is -3.74. The van der Waals surface area contributed by atoms with Crippen LogP contribution in [0.15, 0.2) is 60.3 Å². The quantitative estimate of drug-likeness (QED) is 0.427. The molecule has 0 saturated carbocycles. The van der Waals surface area contributed by atoms with Crippen LogP contribution in [0, 0.1) is 0 Å². The minimum Gasteiger partial charge on any atom is -0.448 e. The maximum atomic E-state index is 12.4. The molecule has 0 radical (unpaired) electrons. The van der Waals surface area contributed by atoms with E-state index in [9.17, 15) is 19.2 Å². The van der Waals surface area contributed by atoms with Crippen LogP contribution in [0.5, 0.6) is 0 Å². The number of ether oxygens (including phenoxy) is 1. The van der Waals surface area contributed by atoms with E-state index in [-0.39, 0.29) is 11.5 Å². The van der Waals surface area contributed by atoms with Crippen LogP contribution < -0.4 is 10.6 Å². The van der Waals surface area contributed by atoms with E-state index in [2.05, 4.69) is 10.6 Å². The molecule has 2 amide bonds. The third kappa shape index (κ3) is 6.73. The van der Waals surface area contributed by atoms with Gasteiger partial charge in [0.15, 0.2) is 11.9 Å². The predicted octanol–water partition coefficient (Wildman–Crippen LogP) is 2.94. The number of carbonyl (C=O) groups is 4. The largest absolute Gasteiger partial charge is 0.448 e. The molecular formula is C22H22N2O5. The molecule has 0 fully saturated rings. The minimum atomic E-state index is -1.11. The van der Waals surface area contributed by atoms with Crippen molar-refractivity contribution in [3.05, 3.63) is 71.4 Å². The zero-order valence-electron chi connectivity index (χ0n) is 16.4. The smallest absolute Gasteiger partial charge is 0.355 e. The molecule has 0 spiro atoms. The summed E-state index contributed by atoms with van der Waals surface area (Å²) in [5, 5.41) is 5.03. The summed E-state index contributed by atoms with van der Waals surface area (Å²) in [5.41, 5.74) is 1.60. The number of rotatable bonds is 7. The van der Waals surface area contributed by atoms with Crippen LogP contribution in [0.2, 0.25) is 0 Å². The van der Waals surface area contributed by atoms with Crippen molar-refractivity contribution in [3.8, 4) is 0 Å². The highest BCUT2D eigenvalue weighted by atomic mass is 16.5. The molecule has 0 heterocycles. The van der Waals surface area contributed by atoms with Gasteiger partial charge in [0.1, 0.15) is 5.70 Å². The van der Waals surface area contributed by atoms with Crippen molar-refractivity contribution in [2.75, 3.05) is 5.32 Å². The molecule has 2 aromatic carbocycles. The van der Waals surface area contributed by atoms with E-state index in [0.29, 0.717) is 16.8 Å². The molecule has 0 aliphatic carbocycles. The fourth-order valence-corrected chi connectivity index (χ4v) is 2.36. The summed E-state index contributed by atoms with van der Waals surface area (Å²) in [6, 6.07) is 15.3. The van der Waals surface area contributed by atoms with Crippen LogP contribution in [0.25, 0.3) is 6.08 Å². The number of Topliss-reactive ketones (excluding diaryl/α,β-unsaturated/α-hetero) is 1. The van der Waals surface area contributed by atoms with Gasteiger partial charge in [0.2, 0.25) is 5.91 Å². The van der Waals surface area contributed by atoms with Gasteiger partial charge in [-0.3, -0.25) is 14.4 Å². The van der Waals surface area contributed by atoms with E-state index >= 15 is 0 Å². The van der Waals surface area contributed by atoms with Crippen molar-refractivity contribution in [2.45, 2.75) is 26.9 Å². The summed E-state index contributed by atoms with van der Waals surface area (Å²) in [6.45, 7) is 4.14. The Morgan fingerprint density at radius 1 is 0.931 bits per heavy atom. The number of carbonyl (C=O) groups excluding carboxylic acids is 4. The Morgan fingerprint density at radius 2 is 1.55 bits per heavy atom. The molecule has 0 bridgehead atoms. The average molecular weight is 394 g/mol. The number of nitrogens with one attached hydrogen (secondary N) is 2.